The Morgan fingerprint density at radius 1 is 1.53 bits per heavy atom. The van der Waals surface area contributed by atoms with Crippen LogP contribution in [0.2, 0.25) is 0 Å². The van der Waals surface area contributed by atoms with E-state index >= 15 is 0 Å². The molecule has 17 heavy (non-hydrogen) atoms. The first-order chi connectivity index (χ1) is 8.11. The van der Waals surface area contributed by atoms with Gasteiger partial charge in [0.1, 0.15) is 5.82 Å². The monoisotopic (exact) mass is 299 g/mol. The average molecular weight is 300 g/mol. The number of hydrogen-bond donors (Lipinski definition) is 1. The minimum absolute atomic E-state index is 0.0176. The van der Waals surface area contributed by atoms with Crippen molar-refractivity contribution in [2.75, 3.05) is 5.33 Å². The summed E-state index contributed by atoms with van der Waals surface area (Å²) in [5.74, 6) is -0.839. The third-order valence-corrected chi connectivity index (χ3v) is 3.32. The van der Waals surface area contributed by atoms with Crippen molar-refractivity contribution < 1.29 is 14.0 Å². The standard InChI is InChI=1S/C12H11BrFNO2/c13-6-11(16)8-2-1-7(5-9(8)14)10-3-4-12(17)15-10/h1-2,5,10H,3-4,6H2,(H,15,17)/t10-/m1/s1. The molecule has 1 aliphatic heterocycles. The van der Waals surface area contributed by atoms with Gasteiger partial charge in [-0.15, -0.1) is 0 Å². The molecule has 0 bridgehead atoms. The second-order valence-electron chi connectivity index (χ2n) is 3.95. The molecule has 3 nitrogen and oxygen atoms in total. The van der Waals surface area contributed by atoms with Gasteiger partial charge in [0.15, 0.2) is 5.78 Å². The Morgan fingerprint density at radius 3 is 2.82 bits per heavy atom. The second kappa shape index (κ2) is 4.96. The van der Waals surface area contributed by atoms with E-state index in [9.17, 15) is 14.0 Å². The highest BCUT2D eigenvalue weighted by Gasteiger charge is 2.23. The molecular weight excluding hydrogens is 289 g/mol. The summed E-state index contributed by atoms with van der Waals surface area (Å²) < 4.78 is 13.7. The van der Waals surface area contributed by atoms with Crippen LogP contribution in [0.3, 0.4) is 0 Å². The molecule has 0 aromatic heterocycles. The molecule has 0 unspecified atom stereocenters. The average Bonchev–Trinajstić information content (AvgIpc) is 2.75. The molecule has 1 amide bonds. The molecule has 1 heterocycles. The van der Waals surface area contributed by atoms with Gasteiger partial charge in [-0.05, 0) is 24.1 Å². The molecule has 90 valence electrons. The number of Topliss-reactive ketones (excluding diaryl/α,β-unsaturated/α-hetero) is 1. The predicted molar refractivity (Wildman–Crippen MR) is 64.6 cm³/mol. The van der Waals surface area contributed by atoms with E-state index in [1.54, 1.807) is 6.07 Å². The van der Waals surface area contributed by atoms with Crippen LogP contribution < -0.4 is 5.32 Å². The molecule has 1 aliphatic rings. The molecule has 1 aromatic rings. The highest BCUT2D eigenvalue weighted by atomic mass is 79.9. The number of halogens is 2. The molecule has 0 saturated carbocycles. The lowest BCUT2D eigenvalue weighted by Gasteiger charge is -2.11. The second-order valence-corrected chi connectivity index (χ2v) is 4.52. The lowest BCUT2D eigenvalue weighted by atomic mass is 10.0. The number of carbonyl (C=O) groups excluding carboxylic acids is 2. The molecule has 1 fully saturated rings. The van der Waals surface area contributed by atoms with Crippen molar-refractivity contribution in [1.29, 1.82) is 0 Å². The lowest BCUT2D eigenvalue weighted by molar-refractivity contribution is -0.119. The molecule has 0 aliphatic carbocycles. The SMILES string of the molecule is O=C1CC[C@H](c2ccc(C(=O)CBr)c(F)c2)N1. The Kier molecular flexibility index (Phi) is 3.57. The van der Waals surface area contributed by atoms with E-state index in [0.717, 1.165) is 0 Å². The summed E-state index contributed by atoms with van der Waals surface area (Å²) in [5, 5.41) is 2.86. The van der Waals surface area contributed by atoms with Gasteiger partial charge in [0.2, 0.25) is 5.91 Å². The fourth-order valence-electron chi connectivity index (χ4n) is 1.91. The van der Waals surface area contributed by atoms with Crippen LogP contribution in [0.1, 0.15) is 34.8 Å². The van der Waals surface area contributed by atoms with Gasteiger partial charge < -0.3 is 5.32 Å². The van der Waals surface area contributed by atoms with E-state index in [-0.39, 0.29) is 28.6 Å². The van der Waals surface area contributed by atoms with Gasteiger partial charge >= 0.3 is 0 Å². The van der Waals surface area contributed by atoms with Crippen LogP contribution in [0.5, 0.6) is 0 Å². The largest absolute Gasteiger partial charge is 0.349 e. The van der Waals surface area contributed by atoms with E-state index in [0.29, 0.717) is 18.4 Å². The molecule has 0 spiro atoms. The number of nitrogens with one attached hydrogen (secondary N) is 1. The zero-order valence-corrected chi connectivity index (χ0v) is 10.6. The predicted octanol–water partition coefficient (Wildman–Crippen LogP) is 2.35. The van der Waals surface area contributed by atoms with Crippen LogP contribution in [0.15, 0.2) is 18.2 Å². The molecule has 1 N–H and O–H groups in total. The zero-order valence-electron chi connectivity index (χ0n) is 9.00. The maximum atomic E-state index is 13.7. The Bertz CT molecular complexity index is 476. The summed E-state index contributed by atoms with van der Waals surface area (Å²) in [4.78, 5) is 22.4. The van der Waals surface area contributed by atoms with Crippen LogP contribution in [-0.4, -0.2) is 17.0 Å². The summed E-state index contributed by atoms with van der Waals surface area (Å²) in [6.45, 7) is 0. The van der Waals surface area contributed by atoms with Gasteiger partial charge in [0, 0.05) is 6.42 Å². The number of amides is 1. The molecular formula is C12H11BrFNO2. The quantitative estimate of drug-likeness (QED) is 0.688. The first-order valence-corrected chi connectivity index (χ1v) is 6.42. The van der Waals surface area contributed by atoms with Crippen molar-refractivity contribution in [2.24, 2.45) is 0 Å². The maximum Gasteiger partial charge on any atom is 0.220 e. The molecule has 2 rings (SSSR count). The highest BCUT2D eigenvalue weighted by molar-refractivity contribution is 9.09. The van der Waals surface area contributed by atoms with Crippen molar-refractivity contribution in [3.05, 3.63) is 35.1 Å². The Morgan fingerprint density at radius 2 is 2.29 bits per heavy atom. The lowest BCUT2D eigenvalue weighted by Crippen LogP contribution is -2.18. The van der Waals surface area contributed by atoms with Gasteiger partial charge in [0.25, 0.3) is 0 Å². The number of benzene rings is 1. The smallest absolute Gasteiger partial charge is 0.220 e. The maximum absolute atomic E-state index is 13.7. The minimum Gasteiger partial charge on any atom is -0.349 e. The Balaban J connectivity index is 2.24. The van der Waals surface area contributed by atoms with Gasteiger partial charge in [-0.1, -0.05) is 22.0 Å². The number of ketones is 1. The molecule has 1 aromatic carbocycles. The summed E-state index contributed by atoms with van der Waals surface area (Å²) in [6.07, 6.45) is 1.14. The summed E-state index contributed by atoms with van der Waals surface area (Å²) in [7, 11) is 0. The first kappa shape index (κ1) is 12.2. The fraction of sp³-hybridized carbons (Fsp3) is 0.333. The summed E-state index contributed by atoms with van der Waals surface area (Å²) >= 11 is 3.01. The van der Waals surface area contributed by atoms with Crippen molar-refractivity contribution in [3.63, 3.8) is 0 Å². The van der Waals surface area contributed by atoms with Crippen molar-refractivity contribution in [2.45, 2.75) is 18.9 Å². The van der Waals surface area contributed by atoms with Crippen molar-refractivity contribution in [3.8, 4) is 0 Å². The Hall–Kier alpha value is -1.23. The highest BCUT2D eigenvalue weighted by Crippen LogP contribution is 2.25. The topological polar surface area (TPSA) is 46.2 Å². The third kappa shape index (κ3) is 2.54. The Labute approximate surface area is 107 Å². The van der Waals surface area contributed by atoms with Crippen LogP contribution >= 0.6 is 15.9 Å². The zero-order chi connectivity index (χ0) is 12.4. The number of carbonyl (C=O) groups is 2. The normalized spacial score (nSPS) is 19.2. The number of hydrogen-bond acceptors (Lipinski definition) is 2. The molecule has 0 radical (unpaired) electrons. The summed E-state index contributed by atoms with van der Waals surface area (Å²) in [5.41, 5.74) is 0.787. The van der Waals surface area contributed by atoms with Crippen LogP contribution in [0.25, 0.3) is 0 Å². The molecule has 5 heteroatoms. The molecule has 1 saturated heterocycles. The fourth-order valence-corrected chi connectivity index (χ4v) is 2.21. The van der Waals surface area contributed by atoms with Crippen LogP contribution in [-0.2, 0) is 4.79 Å². The van der Waals surface area contributed by atoms with Gasteiger partial charge in [-0.2, -0.15) is 0 Å². The minimum atomic E-state index is -0.534. The van der Waals surface area contributed by atoms with Crippen molar-refractivity contribution >= 4 is 27.6 Å². The van der Waals surface area contributed by atoms with E-state index in [1.165, 1.54) is 12.1 Å². The first-order valence-electron chi connectivity index (χ1n) is 5.30. The number of alkyl halides is 1. The van der Waals surface area contributed by atoms with Gasteiger partial charge in [-0.25, -0.2) is 4.39 Å². The van der Waals surface area contributed by atoms with E-state index in [4.69, 9.17) is 0 Å². The van der Waals surface area contributed by atoms with E-state index in [2.05, 4.69) is 21.2 Å². The summed E-state index contributed by atoms with van der Waals surface area (Å²) in [6, 6.07) is 4.35. The van der Waals surface area contributed by atoms with Gasteiger partial charge in [-0.3, -0.25) is 9.59 Å². The number of rotatable bonds is 3. The van der Waals surface area contributed by atoms with E-state index in [1.807, 2.05) is 0 Å². The van der Waals surface area contributed by atoms with Crippen molar-refractivity contribution in [1.82, 2.24) is 5.32 Å². The van der Waals surface area contributed by atoms with Gasteiger partial charge in [0.05, 0.1) is 16.9 Å². The van der Waals surface area contributed by atoms with Crippen LogP contribution in [0, 0.1) is 5.82 Å². The van der Waals surface area contributed by atoms with E-state index < -0.39 is 5.82 Å². The van der Waals surface area contributed by atoms with Crippen LogP contribution in [0.4, 0.5) is 4.39 Å². The molecule has 1 atom stereocenters. The third-order valence-electron chi connectivity index (χ3n) is 2.81.